The molecule has 0 saturated heterocycles. The van der Waals surface area contributed by atoms with Crippen molar-refractivity contribution in [3.63, 3.8) is 0 Å². The van der Waals surface area contributed by atoms with Gasteiger partial charge in [0.25, 0.3) is 0 Å². The Morgan fingerprint density at radius 2 is 1.92 bits per heavy atom. The van der Waals surface area contributed by atoms with Crippen molar-refractivity contribution >= 4 is 29.1 Å². The lowest BCUT2D eigenvalue weighted by atomic mass is 10.2. The fourth-order valence-electron chi connectivity index (χ4n) is 1.02. The van der Waals surface area contributed by atoms with E-state index in [0.717, 1.165) is 13.0 Å². The summed E-state index contributed by atoms with van der Waals surface area (Å²) in [7, 11) is 0. The minimum Gasteiger partial charge on any atom is -0.233 e. The number of thioether (sulfide) groups is 1. The minimum atomic E-state index is 0.853. The Morgan fingerprint density at radius 3 is 2.62 bits per heavy atom. The van der Waals surface area contributed by atoms with Gasteiger partial charge in [-0.25, -0.2) is 4.99 Å². The third-order valence-corrected chi connectivity index (χ3v) is 3.05. The predicted octanol–water partition coefficient (Wildman–Crippen LogP) is 3.79. The lowest BCUT2D eigenvalue weighted by Crippen LogP contribution is -1.87. The molecule has 0 amide bonds. The first-order valence-corrected chi connectivity index (χ1v) is 6.59. The number of isothiocyanates is 1. The molecule has 0 aliphatic carbocycles. The molecule has 0 aliphatic heterocycles. The van der Waals surface area contributed by atoms with Crippen molar-refractivity contribution < 1.29 is 0 Å². The van der Waals surface area contributed by atoms with E-state index in [1.54, 1.807) is 0 Å². The first kappa shape index (κ1) is 13.2. The summed E-state index contributed by atoms with van der Waals surface area (Å²) in [6.07, 6.45) is 6.61. The topological polar surface area (TPSA) is 12.4 Å². The molecule has 0 atom stereocenters. The average Bonchev–Trinajstić information content (AvgIpc) is 2.16. The standard InChI is InChI=1S/C10H19NS2/c1-2-3-4-5-8-13-9-6-7-11-10-12/h2-9H2,1H3. The second-order valence-corrected chi connectivity index (χ2v) is 4.41. The number of unbranched alkanes of at least 4 members (excludes halogenated alkanes) is 3. The molecule has 1 nitrogen and oxygen atoms in total. The van der Waals surface area contributed by atoms with Gasteiger partial charge in [0.05, 0.1) is 11.7 Å². The number of rotatable bonds is 9. The molecule has 3 heteroatoms. The first-order chi connectivity index (χ1) is 6.41. The summed E-state index contributed by atoms with van der Waals surface area (Å²) in [6.45, 7) is 3.10. The first-order valence-electron chi connectivity index (χ1n) is 5.03. The number of hydrogen-bond acceptors (Lipinski definition) is 3. The van der Waals surface area contributed by atoms with Gasteiger partial charge >= 0.3 is 0 Å². The fourth-order valence-corrected chi connectivity index (χ4v) is 2.06. The highest BCUT2D eigenvalue weighted by Gasteiger charge is 1.90. The molecule has 0 aromatic heterocycles. The quantitative estimate of drug-likeness (QED) is 0.331. The van der Waals surface area contributed by atoms with Gasteiger partial charge in [-0.1, -0.05) is 26.2 Å². The zero-order valence-electron chi connectivity index (χ0n) is 8.42. The number of nitrogens with zero attached hydrogens (tertiary/aromatic N) is 1. The highest BCUT2D eigenvalue weighted by Crippen LogP contribution is 2.08. The molecule has 0 radical (unpaired) electrons. The normalized spacial score (nSPS) is 9.62. The lowest BCUT2D eigenvalue weighted by Gasteiger charge is -1.99. The summed E-state index contributed by atoms with van der Waals surface area (Å²) in [5.41, 5.74) is 0. The van der Waals surface area contributed by atoms with E-state index in [1.807, 2.05) is 11.8 Å². The molecule has 0 aliphatic rings. The Labute approximate surface area is 91.4 Å². The van der Waals surface area contributed by atoms with Gasteiger partial charge in [0.15, 0.2) is 0 Å². The highest BCUT2D eigenvalue weighted by molar-refractivity contribution is 7.99. The largest absolute Gasteiger partial charge is 0.233 e. The molecule has 0 aromatic rings. The SMILES string of the molecule is CCCCCCSCCCN=C=S. The Morgan fingerprint density at radius 1 is 1.15 bits per heavy atom. The number of hydrogen-bond donors (Lipinski definition) is 0. The van der Waals surface area contributed by atoms with Gasteiger partial charge in [-0.3, -0.25) is 0 Å². The van der Waals surface area contributed by atoms with Crippen LogP contribution in [0.4, 0.5) is 0 Å². The van der Waals surface area contributed by atoms with Gasteiger partial charge in [0.1, 0.15) is 0 Å². The van der Waals surface area contributed by atoms with Crippen LogP contribution in [-0.4, -0.2) is 23.2 Å². The second-order valence-electron chi connectivity index (χ2n) is 3.00. The maximum absolute atomic E-state index is 4.48. The van der Waals surface area contributed by atoms with Crippen LogP contribution in [0.15, 0.2) is 4.99 Å². The molecule has 0 bridgehead atoms. The minimum absolute atomic E-state index is 0.853. The third-order valence-electron chi connectivity index (χ3n) is 1.77. The second kappa shape index (κ2) is 12.2. The maximum Gasteiger partial charge on any atom is 0.0584 e. The summed E-state index contributed by atoms with van der Waals surface area (Å²) in [6, 6.07) is 0. The number of thiocarbonyl (C=S) groups is 1. The Balaban J connectivity index is 2.87. The van der Waals surface area contributed by atoms with Crippen molar-refractivity contribution in [3.05, 3.63) is 0 Å². The van der Waals surface area contributed by atoms with Crippen LogP contribution in [0.5, 0.6) is 0 Å². The van der Waals surface area contributed by atoms with Gasteiger partial charge in [0, 0.05) is 0 Å². The number of aliphatic imine (C=N–C) groups is 1. The van der Waals surface area contributed by atoms with Crippen LogP contribution in [0, 0.1) is 0 Å². The maximum atomic E-state index is 4.48. The molecule has 0 spiro atoms. The van der Waals surface area contributed by atoms with E-state index in [4.69, 9.17) is 0 Å². The van der Waals surface area contributed by atoms with E-state index in [9.17, 15) is 0 Å². The molecule has 0 unspecified atom stereocenters. The van der Waals surface area contributed by atoms with Crippen molar-refractivity contribution in [1.29, 1.82) is 0 Å². The highest BCUT2D eigenvalue weighted by atomic mass is 32.2. The van der Waals surface area contributed by atoms with E-state index in [2.05, 4.69) is 29.3 Å². The van der Waals surface area contributed by atoms with Gasteiger partial charge < -0.3 is 0 Å². The molecule has 0 rings (SSSR count). The van der Waals surface area contributed by atoms with Crippen molar-refractivity contribution in [2.45, 2.75) is 39.0 Å². The van der Waals surface area contributed by atoms with Crippen molar-refractivity contribution in [1.82, 2.24) is 0 Å². The van der Waals surface area contributed by atoms with E-state index < -0.39 is 0 Å². The van der Waals surface area contributed by atoms with Crippen LogP contribution in [0.3, 0.4) is 0 Å². The molecule has 0 saturated carbocycles. The van der Waals surface area contributed by atoms with E-state index in [1.165, 1.54) is 37.2 Å². The van der Waals surface area contributed by atoms with Gasteiger partial charge in [0.2, 0.25) is 0 Å². The molecular weight excluding hydrogens is 198 g/mol. The predicted molar refractivity (Wildman–Crippen MR) is 66.0 cm³/mol. The summed E-state index contributed by atoms with van der Waals surface area (Å²) >= 11 is 6.51. The van der Waals surface area contributed by atoms with Crippen LogP contribution in [0.1, 0.15) is 39.0 Å². The van der Waals surface area contributed by atoms with Crippen molar-refractivity contribution in [3.8, 4) is 0 Å². The molecule has 0 heterocycles. The van der Waals surface area contributed by atoms with Gasteiger partial charge in [-0.2, -0.15) is 11.8 Å². The van der Waals surface area contributed by atoms with Crippen LogP contribution in [-0.2, 0) is 0 Å². The summed E-state index contributed by atoms with van der Waals surface area (Å²) in [5.74, 6) is 2.52. The van der Waals surface area contributed by atoms with E-state index in [-0.39, 0.29) is 0 Å². The van der Waals surface area contributed by atoms with Gasteiger partial charge in [-0.15, -0.1) is 0 Å². The van der Waals surface area contributed by atoms with Crippen LogP contribution in [0.2, 0.25) is 0 Å². The average molecular weight is 217 g/mol. The molecule has 0 N–H and O–H groups in total. The Hall–Kier alpha value is 0.150. The molecular formula is C10H19NS2. The van der Waals surface area contributed by atoms with Crippen molar-refractivity contribution in [2.24, 2.45) is 4.99 Å². The zero-order valence-corrected chi connectivity index (χ0v) is 10.1. The van der Waals surface area contributed by atoms with E-state index >= 15 is 0 Å². The molecule has 76 valence electrons. The van der Waals surface area contributed by atoms with Crippen LogP contribution in [0.25, 0.3) is 0 Å². The lowest BCUT2D eigenvalue weighted by molar-refractivity contribution is 0.706. The fraction of sp³-hybridized carbons (Fsp3) is 0.900. The van der Waals surface area contributed by atoms with Crippen molar-refractivity contribution in [2.75, 3.05) is 18.1 Å². The van der Waals surface area contributed by atoms with Crippen LogP contribution >= 0.6 is 24.0 Å². The smallest absolute Gasteiger partial charge is 0.0584 e. The molecule has 13 heavy (non-hydrogen) atoms. The monoisotopic (exact) mass is 217 g/mol. The summed E-state index contributed by atoms with van der Waals surface area (Å²) < 4.78 is 0. The van der Waals surface area contributed by atoms with E-state index in [0.29, 0.717) is 0 Å². The Bertz CT molecular complexity index is 142. The molecule has 0 aromatic carbocycles. The van der Waals surface area contributed by atoms with Gasteiger partial charge in [-0.05, 0) is 36.6 Å². The Kier molecular flexibility index (Phi) is 12.3. The summed E-state index contributed by atoms with van der Waals surface area (Å²) in [5, 5.41) is 2.39. The molecule has 0 fully saturated rings. The third kappa shape index (κ3) is 12.1. The van der Waals surface area contributed by atoms with Crippen LogP contribution < -0.4 is 0 Å². The summed E-state index contributed by atoms with van der Waals surface area (Å²) in [4.78, 5) is 3.87. The zero-order chi connectivity index (χ0) is 9.78.